The minimum atomic E-state index is -0.901. The van der Waals surface area contributed by atoms with Gasteiger partial charge in [-0.3, -0.25) is 0 Å². The number of carboxylic acid groups (broad SMARTS) is 1. The van der Waals surface area contributed by atoms with Crippen LogP contribution in [-0.2, 0) is 6.42 Å². The molecule has 0 saturated carbocycles. The molecule has 0 radical (unpaired) electrons. The predicted octanol–water partition coefficient (Wildman–Crippen LogP) is 5.33. The van der Waals surface area contributed by atoms with Gasteiger partial charge in [0.2, 0.25) is 0 Å². The number of fused-ring (bicyclic) bond motifs is 1. The van der Waals surface area contributed by atoms with E-state index in [0.717, 1.165) is 29.7 Å². The Labute approximate surface area is 138 Å². The van der Waals surface area contributed by atoms with Crippen LogP contribution in [-0.4, -0.2) is 21.0 Å². The number of imidazole rings is 1. The van der Waals surface area contributed by atoms with Crippen molar-refractivity contribution in [2.75, 3.05) is 0 Å². The Morgan fingerprint density at radius 2 is 1.70 bits per heavy atom. The van der Waals surface area contributed by atoms with Gasteiger partial charge in [0.05, 0.1) is 16.6 Å². The van der Waals surface area contributed by atoms with Gasteiger partial charge in [0.15, 0.2) is 0 Å². The minimum Gasteiger partial charge on any atom is -0.478 e. The molecule has 0 saturated heterocycles. The summed E-state index contributed by atoms with van der Waals surface area (Å²) in [4.78, 5) is 18.7. The zero-order valence-electron chi connectivity index (χ0n) is 14.1. The van der Waals surface area contributed by atoms with Gasteiger partial charge in [0.1, 0.15) is 5.82 Å². The van der Waals surface area contributed by atoms with Gasteiger partial charge in [-0.05, 0) is 24.6 Å². The molecule has 0 aliphatic heterocycles. The molecule has 0 aliphatic carbocycles. The standard InChI is InChI=1S/C19H28N2O2/c1-2-3-4-5-6-7-8-9-10-11-18-20-16-13-12-15(19(22)23)14-17(16)21-18/h12-14H,2-11H2,1H3,(H,20,21)(H,22,23). The summed E-state index contributed by atoms with van der Waals surface area (Å²) < 4.78 is 0. The Balaban J connectivity index is 1.68. The van der Waals surface area contributed by atoms with Gasteiger partial charge >= 0.3 is 5.97 Å². The molecule has 0 aliphatic rings. The third-order valence-electron chi connectivity index (χ3n) is 4.30. The molecular formula is C19H28N2O2. The number of benzene rings is 1. The summed E-state index contributed by atoms with van der Waals surface area (Å²) in [6.45, 7) is 2.25. The molecule has 0 unspecified atom stereocenters. The van der Waals surface area contributed by atoms with E-state index in [4.69, 9.17) is 5.11 Å². The monoisotopic (exact) mass is 316 g/mol. The first kappa shape index (κ1) is 17.5. The number of aryl methyl sites for hydroxylation is 1. The topological polar surface area (TPSA) is 66.0 Å². The van der Waals surface area contributed by atoms with Crippen LogP contribution in [0.5, 0.6) is 0 Å². The first-order valence-electron chi connectivity index (χ1n) is 8.92. The zero-order valence-corrected chi connectivity index (χ0v) is 14.1. The smallest absolute Gasteiger partial charge is 0.335 e. The van der Waals surface area contributed by atoms with Crippen LogP contribution in [0.2, 0.25) is 0 Å². The number of hydrogen-bond donors (Lipinski definition) is 2. The van der Waals surface area contributed by atoms with Crippen molar-refractivity contribution < 1.29 is 9.90 Å². The van der Waals surface area contributed by atoms with Crippen LogP contribution in [0, 0.1) is 0 Å². The number of hydrogen-bond acceptors (Lipinski definition) is 2. The van der Waals surface area contributed by atoms with Gasteiger partial charge in [0, 0.05) is 6.42 Å². The lowest BCUT2D eigenvalue weighted by atomic mass is 10.1. The van der Waals surface area contributed by atoms with Gasteiger partial charge in [-0.2, -0.15) is 0 Å². The van der Waals surface area contributed by atoms with Crippen molar-refractivity contribution in [3.8, 4) is 0 Å². The number of rotatable bonds is 11. The summed E-state index contributed by atoms with van der Waals surface area (Å²) >= 11 is 0. The highest BCUT2D eigenvalue weighted by molar-refractivity contribution is 5.92. The molecule has 4 nitrogen and oxygen atoms in total. The van der Waals surface area contributed by atoms with E-state index in [2.05, 4.69) is 16.9 Å². The van der Waals surface area contributed by atoms with Crippen molar-refractivity contribution in [3.05, 3.63) is 29.6 Å². The largest absolute Gasteiger partial charge is 0.478 e. The molecule has 126 valence electrons. The first-order chi connectivity index (χ1) is 11.2. The van der Waals surface area contributed by atoms with E-state index in [0.29, 0.717) is 5.56 Å². The zero-order chi connectivity index (χ0) is 16.5. The number of aromatic carboxylic acids is 1. The lowest BCUT2D eigenvalue weighted by molar-refractivity contribution is 0.0697. The summed E-state index contributed by atoms with van der Waals surface area (Å²) in [5, 5.41) is 9.01. The second-order valence-electron chi connectivity index (χ2n) is 6.30. The van der Waals surface area contributed by atoms with Gasteiger partial charge in [-0.15, -0.1) is 0 Å². The Morgan fingerprint density at radius 1 is 1.04 bits per heavy atom. The van der Waals surface area contributed by atoms with Crippen LogP contribution >= 0.6 is 0 Å². The molecule has 4 heteroatoms. The highest BCUT2D eigenvalue weighted by Crippen LogP contribution is 2.16. The molecule has 1 aromatic carbocycles. The van der Waals surface area contributed by atoms with Crippen LogP contribution in [0.15, 0.2) is 18.2 Å². The lowest BCUT2D eigenvalue weighted by Crippen LogP contribution is -1.94. The predicted molar refractivity (Wildman–Crippen MR) is 94.0 cm³/mol. The van der Waals surface area contributed by atoms with Crippen molar-refractivity contribution in [1.29, 1.82) is 0 Å². The first-order valence-corrected chi connectivity index (χ1v) is 8.92. The molecule has 0 amide bonds. The van der Waals surface area contributed by atoms with Crippen molar-refractivity contribution in [2.45, 2.75) is 71.1 Å². The fraction of sp³-hybridized carbons (Fsp3) is 0.579. The number of nitrogens with one attached hydrogen (secondary N) is 1. The van der Waals surface area contributed by atoms with Crippen LogP contribution in [0.3, 0.4) is 0 Å². The summed E-state index contributed by atoms with van der Waals surface area (Å²) in [6, 6.07) is 5.04. The average Bonchev–Trinajstić information content (AvgIpc) is 2.95. The molecule has 2 aromatic rings. The number of H-pyrrole nitrogens is 1. The maximum absolute atomic E-state index is 11.0. The van der Waals surface area contributed by atoms with E-state index in [1.807, 2.05) is 0 Å². The second kappa shape index (κ2) is 9.33. The lowest BCUT2D eigenvalue weighted by Gasteiger charge is -2.01. The van der Waals surface area contributed by atoms with E-state index in [-0.39, 0.29) is 0 Å². The molecule has 0 atom stereocenters. The Bertz CT molecular complexity index is 619. The molecule has 2 rings (SSSR count). The van der Waals surface area contributed by atoms with E-state index in [9.17, 15) is 4.79 Å². The molecular weight excluding hydrogens is 288 g/mol. The quantitative estimate of drug-likeness (QED) is 0.550. The average molecular weight is 316 g/mol. The summed E-state index contributed by atoms with van der Waals surface area (Å²) in [5.41, 5.74) is 1.97. The van der Waals surface area contributed by atoms with Gasteiger partial charge in [-0.25, -0.2) is 9.78 Å². The Morgan fingerprint density at radius 3 is 2.35 bits per heavy atom. The third-order valence-corrected chi connectivity index (χ3v) is 4.30. The fourth-order valence-corrected chi connectivity index (χ4v) is 2.92. The summed E-state index contributed by atoms with van der Waals surface area (Å²) in [5.74, 6) is 0.0625. The molecule has 23 heavy (non-hydrogen) atoms. The SMILES string of the molecule is CCCCCCCCCCCc1nc2ccc(C(=O)O)cc2[nH]1. The molecule has 1 heterocycles. The normalized spacial score (nSPS) is 11.2. The van der Waals surface area contributed by atoms with Crippen molar-refractivity contribution in [3.63, 3.8) is 0 Å². The number of carbonyl (C=O) groups is 1. The highest BCUT2D eigenvalue weighted by Gasteiger charge is 2.07. The minimum absolute atomic E-state index is 0.302. The highest BCUT2D eigenvalue weighted by atomic mass is 16.4. The number of unbranched alkanes of at least 4 members (excludes halogenated alkanes) is 8. The van der Waals surface area contributed by atoms with E-state index in [1.165, 1.54) is 51.4 Å². The number of nitrogens with zero attached hydrogens (tertiary/aromatic N) is 1. The number of carboxylic acids is 1. The number of aromatic amines is 1. The molecule has 0 spiro atoms. The van der Waals surface area contributed by atoms with Gasteiger partial charge in [-0.1, -0.05) is 58.3 Å². The Hall–Kier alpha value is -1.84. The van der Waals surface area contributed by atoms with Gasteiger partial charge < -0.3 is 10.1 Å². The van der Waals surface area contributed by atoms with Crippen LogP contribution in [0.4, 0.5) is 0 Å². The van der Waals surface area contributed by atoms with Crippen molar-refractivity contribution in [1.82, 2.24) is 9.97 Å². The summed E-state index contributed by atoms with van der Waals surface area (Å²) in [7, 11) is 0. The maximum atomic E-state index is 11.0. The Kier molecular flexibility index (Phi) is 7.11. The van der Waals surface area contributed by atoms with Crippen molar-refractivity contribution >= 4 is 17.0 Å². The molecule has 0 fully saturated rings. The molecule has 2 N–H and O–H groups in total. The molecule has 0 bridgehead atoms. The van der Waals surface area contributed by atoms with E-state index in [1.54, 1.807) is 18.2 Å². The number of aromatic nitrogens is 2. The fourth-order valence-electron chi connectivity index (χ4n) is 2.92. The van der Waals surface area contributed by atoms with Gasteiger partial charge in [0.25, 0.3) is 0 Å². The second-order valence-corrected chi connectivity index (χ2v) is 6.30. The van der Waals surface area contributed by atoms with E-state index >= 15 is 0 Å². The van der Waals surface area contributed by atoms with Crippen LogP contribution in [0.1, 0.15) is 80.9 Å². The molecule has 1 aromatic heterocycles. The van der Waals surface area contributed by atoms with E-state index < -0.39 is 5.97 Å². The van der Waals surface area contributed by atoms with Crippen LogP contribution in [0.25, 0.3) is 11.0 Å². The maximum Gasteiger partial charge on any atom is 0.335 e. The summed E-state index contributed by atoms with van der Waals surface area (Å²) in [6.07, 6.45) is 12.8. The van der Waals surface area contributed by atoms with Crippen LogP contribution < -0.4 is 0 Å². The van der Waals surface area contributed by atoms with Crippen molar-refractivity contribution in [2.24, 2.45) is 0 Å². The third kappa shape index (κ3) is 5.70.